The van der Waals surface area contributed by atoms with Gasteiger partial charge in [0.2, 0.25) is 5.91 Å². The first-order valence-corrected chi connectivity index (χ1v) is 6.21. The zero-order valence-corrected chi connectivity index (χ0v) is 11.5. The molecule has 0 fully saturated rings. The number of rotatable bonds is 6. The number of carboxylic acid groups (broad SMARTS) is 1. The molecule has 0 aromatic heterocycles. The highest BCUT2D eigenvalue weighted by Gasteiger charge is 2.09. The monoisotopic (exact) mass is 264 g/mol. The van der Waals surface area contributed by atoms with Crippen molar-refractivity contribution in [3.05, 3.63) is 29.8 Å². The van der Waals surface area contributed by atoms with E-state index in [0.717, 1.165) is 5.69 Å². The van der Waals surface area contributed by atoms with Crippen LogP contribution in [0, 0.1) is 5.92 Å². The van der Waals surface area contributed by atoms with E-state index in [2.05, 4.69) is 5.32 Å². The average Bonchev–Trinajstić information content (AvgIpc) is 2.36. The molecule has 0 saturated heterocycles. The molecule has 104 valence electrons. The Labute approximate surface area is 113 Å². The molecular formula is C14H20N2O3. The number of anilines is 1. The molecule has 1 aromatic rings. The summed E-state index contributed by atoms with van der Waals surface area (Å²) in [5, 5.41) is 11.6. The lowest BCUT2D eigenvalue weighted by atomic mass is 10.2. The third kappa shape index (κ3) is 4.99. The maximum Gasteiger partial charge on any atom is 0.335 e. The van der Waals surface area contributed by atoms with Crippen molar-refractivity contribution < 1.29 is 14.7 Å². The fourth-order valence-electron chi connectivity index (χ4n) is 1.54. The fourth-order valence-corrected chi connectivity index (χ4v) is 1.54. The average molecular weight is 264 g/mol. The Morgan fingerprint density at radius 1 is 1.26 bits per heavy atom. The molecule has 0 bridgehead atoms. The molecule has 2 N–H and O–H groups in total. The van der Waals surface area contributed by atoms with Crippen molar-refractivity contribution >= 4 is 17.6 Å². The normalized spacial score (nSPS) is 10.3. The Morgan fingerprint density at radius 3 is 2.32 bits per heavy atom. The largest absolute Gasteiger partial charge is 0.478 e. The molecule has 0 saturated carbocycles. The number of nitrogens with zero attached hydrogens (tertiary/aromatic N) is 1. The highest BCUT2D eigenvalue weighted by molar-refractivity contribution is 5.88. The van der Waals surface area contributed by atoms with Gasteiger partial charge in [0.25, 0.3) is 0 Å². The van der Waals surface area contributed by atoms with Gasteiger partial charge < -0.3 is 15.3 Å². The van der Waals surface area contributed by atoms with E-state index in [4.69, 9.17) is 5.11 Å². The lowest BCUT2D eigenvalue weighted by Crippen LogP contribution is -2.36. The standard InChI is InChI=1S/C14H20N2O3/c1-10(2)8-15-13(17)9-16(3)12-6-4-11(5-7-12)14(18)19/h4-7,10H,8-9H2,1-3H3,(H,15,17)(H,18,19). The number of carbonyl (C=O) groups excluding carboxylic acids is 1. The van der Waals surface area contributed by atoms with Gasteiger partial charge >= 0.3 is 5.97 Å². The predicted octanol–water partition coefficient (Wildman–Crippen LogP) is 1.59. The Bertz CT molecular complexity index is 441. The number of likely N-dealkylation sites (N-methyl/N-ethyl adjacent to an activating group) is 1. The van der Waals surface area contributed by atoms with Gasteiger partial charge in [0.05, 0.1) is 12.1 Å². The quantitative estimate of drug-likeness (QED) is 0.818. The minimum absolute atomic E-state index is 0.0430. The van der Waals surface area contributed by atoms with Gasteiger partial charge in [-0.25, -0.2) is 4.79 Å². The lowest BCUT2D eigenvalue weighted by Gasteiger charge is -2.19. The summed E-state index contributed by atoms with van der Waals surface area (Å²) in [7, 11) is 1.80. The summed E-state index contributed by atoms with van der Waals surface area (Å²) in [6.45, 7) is 4.98. The van der Waals surface area contributed by atoms with Gasteiger partial charge in [-0.05, 0) is 30.2 Å². The summed E-state index contributed by atoms with van der Waals surface area (Å²) in [5.41, 5.74) is 1.05. The van der Waals surface area contributed by atoms with Crippen molar-refractivity contribution in [2.45, 2.75) is 13.8 Å². The highest BCUT2D eigenvalue weighted by Crippen LogP contribution is 2.13. The highest BCUT2D eigenvalue weighted by atomic mass is 16.4. The van der Waals surface area contributed by atoms with Gasteiger partial charge in [-0.3, -0.25) is 4.79 Å². The van der Waals surface area contributed by atoms with Crippen LogP contribution in [-0.4, -0.2) is 37.1 Å². The molecule has 0 aliphatic rings. The van der Waals surface area contributed by atoms with E-state index in [1.54, 1.807) is 24.1 Å². The van der Waals surface area contributed by atoms with Crippen LogP contribution in [0.15, 0.2) is 24.3 Å². The Hall–Kier alpha value is -2.04. The summed E-state index contributed by atoms with van der Waals surface area (Å²) >= 11 is 0. The molecule has 0 spiro atoms. The van der Waals surface area contributed by atoms with E-state index in [0.29, 0.717) is 12.5 Å². The number of aromatic carboxylic acids is 1. The van der Waals surface area contributed by atoms with Crippen molar-refractivity contribution in [1.82, 2.24) is 5.32 Å². The lowest BCUT2D eigenvalue weighted by molar-refractivity contribution is -0.119. The molecule has 5 heteroatoms. The first-order valence-electron chi connectivity index (χ1n) is 6.21. The van der Waals surface area contributed by atoms with Gasteiger partial charge in [-0.2, -0.15) is 0 Å². The molecule has 0 unspecified atom stereocenters. The van der Waals surface area contributed by atoms with E-state index in [1.165, 1.54) is 12.1 Å². The van der Waals surface area contributed by atoms with Crippen LogP contribution in [0.3, 0.4) is 0 Å². The van der Waals surface area contributed by atoms with Gasteiger partial charge in [0, 0.05) is 19.3 Å². The Kier molecular flexibility index (Phi) is 5.36. The van der Waals surface area contributed by atoms with Crippen molar-refractivity contribution in [3.8, 4) is 0 Å². The molecule has 0 aliphatic carbocycles. The van der Waals surface area contributed by atoms with Crippen molar-refractivity contribution in [2.75, 3.05) is 25.0 Å². The molecule has 1 aromatic carbocycles. The van der Waals surface area contributed by atoms with Gasteiger partial charge in [0.15, 0.2) is 0 Å². The van der Waals surface area contributed by atoms with Crippen molar-refractivity contribution in [2.24, 2.45) is 5.92 Å². The number of amides is 1. The number of carbonyl (C=O) groups is 2. The minimum atomic E-state index is -0.955. The summed E-state index contributed by atoms with van der Waals surface area (Å²) in [4.78, 5) is 24.2. The van der Waals surface area contributed by atoms with Crippen LogP contribution >= 0.6 is 0 Å². The summed E-state index contributed by atoms with van der Waals surface area (Å²) < 4.78 is 0. The number of benzene rings is 1. The molecule has 0 aliphatic heterocycles. The van der Waals surface area contributed by atoms with Crippen LogP contribution < -0.4 is 10.2 Å². The van der Waals surface area contributed by atoms with E-state index >= 15 is 0 Å². The van der Waals surface area contributed by atoms with E-state index in [1.807, 2.05) is 13.8 Å². The van der Waals surface area contributed by atoms with Crippen molar-refractivity contribution in [1.29, 1.82) is 0 Å². The van der Waals surface area contributed by atoms with E-state index < -0.39 is 5.97 Å². The number of nitrogens with one attached hydrogen (secondary N) is 1. The second-order valence-corrected chi connectivity index (χ2v) is 4.91. The predicted molar refractivity (Wildman–Crippen MR) is 74.5 cm³/mol. The third-order valence-corrected chi connectivity index (χ3v) is 2.64. The Balaban J connectivity index is 2.55. The summed E-state index contributed by atoms with van der Waals surface area (Å²) in [6.07, 6.45) is 0. The first kappa shape index (κ1) is 15.0. The SMILES string of the molecule is CC(C)CNC(=O)CN(C)c1ccc(C(=O)O)cc1. The van der Waals surface area contributed by atoms with Crippen LogP contribution in [0.25, 0.3) is 0 Å². The smallest absolute Gasteiger partial charge is 0.335 e. The molecule has 19 heavy (non-hydrogen) atoms. The summed E-state index contributed by atoms with van der Waals surface area (Å²) in [6, 6.07) is 6.44. The second-order valence-electron chi connectivity index (χ2n) is 4.91. The van der Waals surface area contributed by atoms with Crippen LogP contribution in [-0.2, 0) is 4.79 Å². The maximum absolute atomic E-state index is 11.7. The molecule has 0 radical (unpaired) electrons. The second kappa shape index (κ2) is 6.78. The molecule has 1 rings (SSSR count). The number of carboxylic acids is 1. The maximum atomic E-state index is 11.7. The molecule has 0 heterocycles. The van der Waals surface area contributed by atoms with Crippen molar-refractivity contribution in [3.63, 3.8) is 0 Å². The van der Waals surface area contributed by atoms with E-state index in [-0.39, 0.29) is 18.0 Å². The number of hydrogen-bond acceptors (Lipinski definition) is 3. The zero-order valence-electron chi connectivity index (χ0n) is 11.5. The van der Waals surface area contributed by atoms with Gasteiger partial charge in [0.1, 0.15) is 0 Å². The minimum Gasteiger partial charge on any atom is -0.478 e. The van der Waals surface area contributed by atoms with Gasteiger partial charge in [-0.15, -0.1) is 0 Å². The van der Waals surface area contributed by atoms with Crippen LogP contribution in [0.1, 0.15) is 24.2 Å². The molecule has 1 amide bonds. The fraction of sp³-hybridized carbons (Fsp3) is 0.429. The van der Waals surface area contributed by atoms with Crippen LogP contribution in [0.4, 0.5) is 5.69 Å². The zero-order chi connectivity index (χ0) is 14.4. The molecular weight excluding hydrogens is 244 g/mol. The van der Waals surface area contributed by atoms with Crippen LogP contribution in [0.5, 0.6) is 0 Å². The first-order chi connectivity index (χ1) is 8.90. The van der Waals surface area contributed by atoms with E-state index in [9.17, 15) is 9.59 Å². The third-order valence-electron chi connectivity index (χ3n) is 2.64. The molecule has 5 nitrogen and oxygen atoms in total. The molecule has 0 atom stereocenters. The Morgan fingerprint density at radius 2 is 1.84 bits per heavy atom. The topological polar surface area (TPSA) is 69.6 Å². The summed E-state index contributed by atoms with van der Waals surface area (Å²) in [5.74, 6) is -0.577. The van der Waals surface area contributed by atoms with Gasteiger partial charge in [-0.1, -0.05) is 13.8 Å². The van der Waals surface area contributed by atoms with Crippen LogP contribution in [0.2, 0.25) is 0 Å². The number of hydrogen-bond donors (Lipinski definition) is 2.